The first kappa shape index (κ1) is 14.1. The van der Waals surface area contributed by atoms with E-state index in [0.717, 1.165) is 37.8 Å². The second kappa shape index (κ2) is 5.90. The zero-order valence-electron chi connectivity index (χ0n) is 13.0. The molecule has 1 unspecified atom stereocenters. The lowest BCUT2D eigenvalue weighted by molar-refractivity contribution is 0.179. The summed E-state index contributed by atoms with van der Waals surface area (Å²) in [6.45, 7) is 10.4. The van der Waals surface area contributed by atoms with Crippen LogP contribution in [0.25, 0.3) is 0 Å². The molecule has 1 saturated heterocycles. The summed E-state index contributed by atoms with van der Waals surface area (Å²) in [7, 11) is 0. The number of hydrogen-bond donors (Lipinski definition) is 0. The van der Waals surface area contributed by atoms with Crippen LogP contribution >= 0.6 is 0 Å². The Labute approximate surface area is 126 Å². The van der Waals surface area contributed by atoms with Crippen LogP contribution in [0.2, 0.25) is 0 Å². The van der Waals surface area contributed by atoms with Crippen LogP contribution in [0.3, 0.4) is 0 Å². The normalized spacial score (nSPS) is 20.0. The van der Waals surface area contributed by atoms with Gasteiger partial charge in [-0.05, 0) is 25.5 Å². The number of piperazine rings is 1. The lowest BCUT2D eigenvalue weighted by atomic mass is 10.1. The van der Waals surface area contributed by atoms with Crippen molar-refractivity contribution in [1.29, 1.82) is 0 Å². The second-order valence-corrected chi connectivity index (χ2v) is 5.91. The Morgan fingerprint density at radius 2 is 2.05 bits per heavy atom. The van der Waals surface area contributed by atoms with Crippen molar-refractivity contribution >= 4 is 5.69 Å². The molecule has 21 heavy (non-hydrogen) atoms. The lowest BCUT2D eigenvalue weighted by Crippen LogP contribution is -2.51. The van der Waals surface area contributed by atoms with Crippen LogP contribution in [-0.4, -0.2) is 35.6 Å². The van der Waals surface area contributed by atoms with Crippen LogP contribution in [-0.2, 0) is 6.54 Å². The second-order valence-electron chi connectivity index (χ2n) is 5.91. The largest absolute Gasteiger partial charge is 0.449 e. The van der Waals surface area contributed by atoms with Gasteiger partial charge in [-0.3, -0.25) is 4.90 Å². The summed E-state index contributed by atoms with van der Waals surface area (Å²) in [4.78, 5) is 9.38. The Hall–Kier alpha value is -1.81. The molecule has 0 radical (unpaired) electrons. The smallest absolute Gasteiger partial charge is 0.191 e. The van der Waals surface area contributed by atoms with E-state index in [1.54, 1.807) is 6.26 Å². The Morgan fingerprint density at radius 3 is 2.71 bits per heavy atom. The van der Waals surface area contributed by atoms with Gasteiger partial charge in [-0.15, -0.1) is 0 Å². The van der Waals surface area contributed by atoms with Gasteiger partial charge in [0, 0.05) is 44.8 Å². The van der Waals surface area contributed by atoms with Crippen molar-refractivity contribution in [3.63, 3.8) is 0 Å². The lowest BCUT2D eigenvalue weighted by Gasteiger charge is -2.41. The molecule has 1 fully saturated rings. The fourth-order valence-electron chi connectivity index (χ4n) is 3.06. The number of aromatic nitrogens is 1. The minimum atomic E-state index is 0.510. The number of para-hydroxylation sites is 1. The van der Waals surface area contributed by atoms with Crippen molar-refractivity contribution in [2.24, 2.45) is 0 Å². The molecule has 1 aliphatic heterocycles. The molecule has 4 heteroatoms. The van der Waals surface area contributed by atoms with E-state index >= 15 is 0 Å². The Balaban J connectivity index is 1.65. The van der Waals surface area contributed by atoms with Crippen LogP contribution in [0.1, 0.15) is 24.1 Å². The molecule has 1 aromatic heterocycles. The summed E-state index contributed by atoms with van der Waals surface area (Å²) in [5, 5.41) is 0. The standard InChI is InChI=1S/C17H23N3O/c1-13-6-4-5-7-17(13)20-9-8-19(14(2)10-20)11-16-12-21-15(3)18-16/h4-7,12,14H,8-11H2,1-3H3. The molecular formula is C17H23N3O. The van der Waals surface area contributed by atoms with E-state index in [1.807, 2.05) is 6.92 Å². The van der Waals surface area contributed by atoms with E-state index in [4.69, 9.17) is 4.42 Å². The predicted molar refractivity (Wildman–Crippen MR) is 84.5 cm³/mol. The van der Waals surface area contributed by atoms with Crippen molar-refractivity contribution in [2.75, 3.05) is 24.5 Å². The summed E-state index contributed by atoms with van der Waals surface area (Å²) in [5.74, 6) is 0.746. The molecule has 0 bridgehead atoms. The number of hydrogen-bond acceptors (Lipinski definition) is 4. The minimum absolute atomic E-state index is 0.510. The SMILES string of the molecule is Cc1nc(CN2CCN(c3ccccc3C)CC2C)co1. The quantitative estimate of drug-likeness (QED) is 0.868. The third-order valence-electron chi connectivity index (χ3n) is 4.25. The highest BCUT2D eigenvalue weighted by Gasteiger charge is 2.25. The van der Waals surface area contributed by atoms with Crippen molar-refractivity contribution in [2.45, 2.75) is 33.4 Å². The van der Waals surface area contributed by atoms with Crippen LogP contribution < -0.4 is 4.90 Å². The maximum atomic E-state index is 5.30. The van der Waals surface area contributed by atoms with Crippen LogP contribution in [0.5, 0.6) is 0 Å². The van der Waals surface area contributed by atoms with Crippen molar-refractivity contribution in [3.8, 4) is 0 Å². The topological polar surface area (TPSA) is 32.5 Å². The first-order valence-electron chi connectivity index (χ1n) is 7.59. The fourth-order valence-corrected chi connectivity index (χ4v) is 3.06. The molecule has 1 aromatic carbocycles. The van der Waals surface area contributed by atoms with Crippen molar-refractivity contribution in [1.82, 2.24) is 9.88 Å². The highest BCUT2D eigenvalue weighted by Crippen LogP contribution is 2.23. The van der Waals surface area contributed by atoms with Crippen molar-refractivity contribution in [3.05, 3.63) is 47.7 Å². The minimum Gasteiger partial charge on any atom is -0.449 e. The molecule has 0 N–H and O–H groups in total. The molecule has 1 atom stereocenters. The van der Waals surface area contributed by atoms with Gasteiger partial charge in [0.25, 0.3) is 0 Å². The summed E-state index contributed by atoms with van der Waals surface area (Å²) >= 11 is 0. The van der Waals surface area contributed by atoms with E-state index in [2.05, 4.69) is 52.9 Å². The molecule has 0 amide bonds. The zero-order chi connectivity index (χ0) is 14.8. The van der Waals surface area contributed by atoms with Gasteiger partial charge in [0.2, 0.25) is 0 Å². The Kier molecular flexibility index (Phi) is 3.97. The van der Waals surface area contributed by atoms with Gasteiger partial charge in [-0.25, -0.2) is 4.98 Å². The average molecular weight is 285 g/mol. The fraction of sp³-hybridized carbons (Fsp3) is 0.471. The first-order valence-corrected chi connectivity index (χ1v) is 7.59. The van der Waals surface area contributed by atoms with Gasteiger partial charge < -0.3 is 9.32 Å². The number of oxazole rings is 1. The number of anilines is 1. The summed E-state index contributed by atoms with van der Waals surface area (Å²) in [6.07, 6.45) is 1.77. The van der Waals surface area contributed by atoms with E-state index in [9.17, 15) is 0 Å². The molecule has 0 saturated carbocycles. The van der Waals surface area contributed by atoms with Gasteiger partial charge in [0.15, 0.2) is 5.89 Å². The molecule has 1 aliphatic rings. The van der Waals surface area contributed by atoms with Crippen LogP contribution in [0.15, 0.2) is 34.9 Å². The van der Waals surface area contributed by atoms with Gasteiger partial charge in [-0.2, -0.15) is 0 Å². The molecule has 4 nitrogen and oxygen atoms in total. The number of nitrogens with zero attached hydrogens (tertiary/aromatic N) is 3. The molecule has 2 aromatic rings. The molecule has 0 spiro atoms. The number of benzene rings is 1. The summed E-state index contributed by atoms with van der Waals surface area (Å²) in [6, 6.07) is 9.14. The van der Waals surface area contributed by atoms with E-state index in [1.165, 1.54) is 11.3 Å². The third-order valence-corrected chi connectivity index (χ3v) is 4.25. The van der Waals surface area contributed by atoms with Crippen LogP contribution in [0, 0.1) is 13.8 Å². The molecule has 112 valence electrons. The monoisotopic (exact) mass is 285 g/mol. The average Bonchev–Trinajstić information content (AvgIpc) is 2.87. The first-order chi connectivity index (χ1) is 10.1. The predicted octanol–water partition coefficient (Wildman–Crippen LogP) is 3.00. The highest BCUT2D eigenvalue weighted by molar-refractivity contribution is 5.53. The van der Waals surface area contributed by atoms with Gasteiger partial charge in [-0.1, -0.05) is 18.2 Å². The summed E-state index contributed by atoms with van der Waals surface area (Å²) < 4.78 is 5.30. The summed E-state index contributed by atoms with van der Waals surface area (Å²) in [5.41, 5.74) is 3.75. The van der Waals surface area contributed by atoms with E-state index < -0.39 is 0 Å². The van der Waals surface area contributed by atoms with Crippen LogP contribution in [0.4, 0.5) is 5.69 Å². The highest BCUT2D eigenvalue weighted by atomic mass is 16.3. The van der Waals surface area contributed by atoms with Gasteiger partial charge >= 0.3 is 0 Å². The van der Waals surface area contributed by atoms with Gasteiger partial charge in [0.05, 0.1) is 5.69 Å². The van der Waals surface area contributed by atoms with E-state index in [0.29, 0.717) is 6.04 Å². The molecular weight excluding hydrogens is 262 g/mol. The zero-order valence-corrected chi connectivity index (χ0v) is 13.0. The maximum absolute atomic E-state index is 5.30. The molecule has 0 aliphatic carbocycles. The molecule has 3 rings (SSSR count). The molecule has 2 heterocycles. The number of rotatable bonds is 3. The van der Waals surface area contributed by atoms with Gasteiger partial charge in [0.1, 0.15) is 6.26 Å². The number of aryl methyl sites for hydroxylation is 2. The van der Waals surface area contributed by atoms with Crippen molar-refractivity contribution < 1.29 is 4.42 Å². The maximum Gasteiger partial charge on any atom is 0.191 e. The Bertz CT molecular complexity index is 608. The third kappa shape index (κ3) is 3.10. The Morgan fingerprint density at radius 1 is 1.24 bits per heavy atom. The van der Waals surface area contributed by atoms with E-state index in [-0.39, 0.29) is 0 Å².